The van der Waals surface area contributed by atoms with Gasteiger partial charge in [0.25, 0.3) is 0 Å². The predicted molar refractivity (Wildman–Crippen MR) is 99.2 cm³/mol. The Morgan fingerprint density at radius 2 is 2.20 bits per heavy atom. The summed E-state index contributed by atoms with van der Waals surface area (Å²) in [5, 5.41) is 4.78. The molecule has 0 spiro atoms. The van der Waals surface area contributed by atoms with Crippen LogP contribution in [0.2, 0.25) is 5.02 Å². The van der Waals surface area contributed by atoms with Gasteiger partial charge in [-0.05, 0) is 45.0 Å². The molecule has 6 heteroatoms. The number of rotatable bonds is 5. The van der Waals surface area contributed by atoms with Gasteiger partial charge in [-0.3, -0.25) is 4.79 Å². The first-order chi connectivity index (χ1) is 11.9. The van der Waals surface area contributed by atoms with E-state index >= 15 is 0 Å². The van der Waals surface area contributed by atoms with Crippen LogP contribution in [0.1, 0.15) is 23.6 Å². The molecule has 1 saturated heterocycles. The topological polar surface area (TPSA) is 54.7 Å². The van der Waals surface area contributed by atoms with E-state index in [-0.39, 0.29) is 24.5 Å². The van der Waals surface area contributed by atoms with Gasteiger partial charge in [-0.25, -0.2) is 0 Å². The van der Waals surface area contributed by atoms with Crippen LogP contribution in [0.5, 0.6) is 0 Å². The minimum absolute atomic E-state index is 0.0162. The van der Waals surface area contributed by atoms with Crippen molar-refractivity contribution in [2.45, 2.75) is 39.3 Å². The molecule has 0 radical (unpaired) electrons. The lowest BCUT2D eigenvalue weighted by atomic mass is 10.0. The summed E-state index contributed by atoms with van der Waals surface area (Å²) in [6.07, 6.45) is 1.97. The molecule has 1 fully saturated rings. The van der Waals surface area contributed by atoms with Crippen LogP contribution in [0.15, 0.2) is 16.7 Å². The summed E-state index contributed by atoms with van der Waals surface area (Å²) in [5.74, 6) is -0.0243. The number of furan rings is 1. The molecule has 0 saturated carbocycles. The zero-order valence-electron chi connectivity index (χ0n) is 15.2. The number of halogens is 1. The number of fused-ring (bicyclic) bond motifs is 1. The highest BCUT2D eigenvalue weighted by Crippen LogP contribution is 2.32. The van der Waals surface area contributed by atoms with Crippen molar-refractivity contribution in [3.05, 3.63) is 34.0 Å². The Labute approximate surface area is 153 Å². The van der Waals surface area contributed by atoms with Crippen LogP contribution >= 0.6 is 11.6 Å². The average Bonchev–Trinajstić information content (AvgIpc) is 3.09. The molecule has 0 unspecified atom stereocenters. The Balaban J connectivity index is 1.75. The number of carbonyl (C=O) groups excluding carboxylic acids is 1. The van der Waals surface area contributed by atoms with E-state index < -0.39 is 0 Å². The van der Waals surface area contributed by atoms with Crippen molar-refractivity contribution in [1.82, 2.24) is 10.2 Å². The molecule has 2 atom stereocenters. The van der Waals surface area contributed by atoms with E-state index in [0.29, 0.717) is 6.61 Å². The van der Waals surface area contributed by atoms with Gasteiger partial charge >= 0.3 is 0 Å². The predicted octanol–water partition coefficient (Wildman–Crippen LogP) is 3.08. The highest BCUT2D eigenvalue weighted by molar-refractivity contribution is 6.33. The molecular formula is C19H25ClN2O3. The monoisotopic (exact) mass is 364 g/mol. The summed E-state index contributed by atoms with van der Waals surface area (Å²) in [7, 11) is 2.04. The fraction of sp³-hybridized carbons (Fsp3) is 0.526. The maximum Gasteiger partial charge on any atom is 0.224 e. The summed E-state index contributed by atoms with van der Waals surface area (Å²) < 4.78 is 11.4. The van der Waals surface area contributed by atoms with Crippen molar-refractivity contribution in [2.75, 3.05) is 26.7 Å². The molecule has 1 aliphatic heterocycles. The highest BCUT2D eigenvalue weighted by atomic mass is 35.5. The fourth-order valence-corrected chi connectivity index (χ4v) is 3.80. The second kappa shape index (κ2) is 7.36. The first kappa shape index (κ1) is 18.2. The van der Waals surface area contributed by atoms with Crippen molar-refractivity contribution >= 4 is 28.5 Å². The van der Waals surface area contributed by atoms with E-state index in [0.717, 1.165) is 45.8 Å². The maximum atomic E-state index is 12.6. The second-order valence-electron chi connectivity index (χ2n) is 6.83. The van der Waals surface area contributed by atoms with Crippen LogP contribution < -0.4 is 5.32 Å². The minimum Gasteiger partial charge on any atom is -0.464 e. The maximum absolute atomic E-state index is 12.6. The quantitative estimate of drug-likeness (QED) is 0.885. The first-order valence-electron chi connectivity index (χ1n) is 8.66. The molecule has 5 nitrogen and oxygen atoms in total. The normalized spacial score (nSPS) is 21.2. The van der Waals surface area contributed by atoms with Gasteiger partial charge in [0.15, 0.2) is 0 Å². The van der Waals surface area contributed by atoms with E-state index in [1.165, 1.54) is 0 Å². The summed E-state index contributed by atoms with van der Waals surface area (Å²) in [5.41, 5.74) is 3.58. The molecule has 3 rings (SSSR count). The standard InChI is InChI=1S/C19H25ClN2O3/c1-5-24-16-9-22(4)8-14(16)21-17(23)7-13-10-25-15-6-11(2)19(20)12(3)18(13)15/h6,10,14,16H,5,7-9H2,1-4H3,(H,21,23)/t14-,16-/m0/s1. The summed E-state index contributed by atoms with van der Waals surface area (Å²) in [6, 6.07) is 1.94. The summed E-state index contributed by atoms with van der Waals surface area (Å²) in [4.78, 5) is 14.7. The number of nitrogens with zero attached hydrogens (tertiary/aromatic N) is 1. The van der Waals surface area contributed by atoms with Gasteiger partial charge < -0.3 is 19.4 Å². The number of hydrogen-bond donors (Lipinski definition) is 1. The molecule has 25 heavy (non-hydrogen) atoms. The Morgan fingerprint density at radius 3 is 2.92 bits per heavy atom. The first-order valence-corrected chi connectivity index (χ1v) is 9.03. The van der Waals surface area contributed by atoms with Gasteiger partial charge in [0.05, 0.1) is 24.8 Å². The average molecular weight is 365 g/mol. The number of aryl methyl sites for hydroxylation is 2. The van der Waals surface area contributed by atoms with Crippen molar-refractivity contribution in [3.8, 4) is 0 Å². The molecule has 2 heterocycles. The molecular weight excluding hydrogens is 340 g/mol. The zero-order chi connectivity index (χ0) is 18.1. The molecule has 1 aromatic carbocycles. The van der Waals surface area contributed by atoms with E-state index in [1.807, 2.05) is 33.9 Å². The number of ether oxygens (including phenoxy) is 1. The number of benzene rings is 1. The van der Waals surface area contributed by atoms with Gasteiger partial charge in [0.2, 0.25) is 5.91 Å². The van der Waals surface area contributed by atoms with E-state index in [9.17, 15) is 4.79 Å². The van der Waals surface area contributed by atoms with Crippen LogP contribution in [0.3, 0.4) is 0 Å². The lowest BCUT2D eigenvalue weighted by Gasteiger charge is -2.19. The van der Waals surface area contributed by atoms with Gasteiger partial charge in [0.1, 0.15) is 5.58 Å². The lowest BCUT2D eigenvalue weighted by molar-refractivity contribution is -0.121. The highest BCUT2D eigenvalue weighted by Gasteiger charge is 2.32. The smallest absolute Gasteiger partial charge is 0.224 e. The van der Waals surface area contributed by atoms with E-state index in [4.69, 9.17) is 20.8 Å². The van der Waals surface area contributed by atoms with E-state index in [1.54, 1.807) is 6.26 Å². The number of likely N-dealkylation sites (N-methyl/N-ethyl adjacent to an activating group) is 1. The lowest BCUT2D eigenvalue weighted by Crippen LogP contribution is -2.44. The molecule has 1 N–H and O–H groups in total. The minimum atomic E-state index is -0.0243. The number of carbonyl (C=O) groups is 1. The van der Waals surface area contributed by atoms with Gasteiger partial charge in [-0.1, -0.05) is 11.6 Å². The number of nitrogens with one attached hydrogen (secondary N) is 1. The van der Waals surface area contributed by atoms with E-state index in [2.05, 4.69) is 10.2 Å². The third kappa shape index (κ3) is 3.68. The summed E-state index contributed by atoms with van der Waals surface area (Å²) in [6.45, 7) is 8.17. The molecule has 0 aliphatic carbocycles. The largest absolute Gasteiger partial charge is 0.464 e. The Hall–Kier alpha value is -1.56. The zero-order valence-corrected chi connectivity index (χ0v) is 15.9. The second-order valence-corrected chi connectivity index (χ2v) is 7.21. The molecule has 1 amide bonds. The molecule has 2 aromatic rings. The van der Waals surface area contributed by atoms with Gasteiger partial charge in [0, 0.05) is 35.7 Å². The van der Waals surface area contributed by atoms with Crippen LogP contribution in [-0.4, -0.2) is 49.7 Å². The van der Waals surface area contributed by atoms with Crippen LogP contribution in [0.4, 0.5) is 0 Å². The molecule has 136 valence electrons. The van der Waals surface area contributed by atoms with Gasteiger partial charge in [-0.2, -0.15) is 0 Å². The third-order valence-electron chi connectivity index (χ3n) is 4.82. The Morgan fingerprint density at radius 1 is 1.44 bits per heavy atom. The van der Waals surface area contributed by atoms with Crippen molar-refractivity contribution < 1.29 is 13.9 Å². The summed E-state index contributed by atoms with van der Waals surface area (Å²) >= 11 is 6.37. The number of amides is 1. The van der Waals surface area contributed by atoms with Gasteiger partial charge in [-0.15, -0.1) is 0 Å². The van der Waals surface area contributed by atoms with Crippen molar-refractivity contribution in [3.63, 3.8) is 0 Å². The molecule has 1 aromatic heterocycles. The van der Waals surface area contributed by atoms with Crippen LogP contribution in [-0.2, 0) is 16.0 Å². The van der Waals surface area contributed by atoms with Crippen molar-refractivity contribution in [1.29, 1.82) is 0 Å². The van der Waals surface area contributed by atoms with Crippen LogP contribution in [0.25, 0.3) is 11.0 Å². The molecule has 1 aliphatic rings. The fourth-order valence-electron chi connectivity index (χ4n) is 3.65. The SMILES string of the molecule is CCO[C@H]1CN(C)C[C@@H]1NC(=O)Cc1coc2cc(C)c(Cl)c(C)c12. The van der Waals surface area contributed by atoms with Crippen molar-refractivity contribution in [2.24, 2.45) is 0 Å². The third-order valence-corrected chi connectivity index (χ3v) is 5.40. The molecule has 0 bridgehead atoms. The Bertz CT molecular complexity index is 787. The number of likely N-dealkylation sites (tertiary alicyclic amines) is 1. The number of hydrogen-bond acceptors (Lipinski definition) is 4. The van der Waals surface area contributed by atoms with Crippen LogP contribution in [0, 0.1) is 13.8 Å². The Kier molecular flexibility index (Phi) is 5.37.